The molecule has 1 aliphatic heterocycles. The Hall–Kier alpha value is 0.830. The maximum atomic E-state index is 5.36. The molecule has 1 rings (SSSR count). The highest BCUT2D eigenvalue weighted by Gasteiger charge is 2.41. The average molecular weight is 161 g/mol. The van der Waals surface area contributed by atoms with Crippen LogP contribution in [-0.2, 0) is 4.74 Å². The summed E-state index contributed by atoms with van der Waals surface area (Å²) in [5.41, 5.74) is -0.250. The van der Waals surface area contributed by atoms with E-state index in [0.29, 0.717) is 0 Å². The summed E-state index contributed by atoms with van der Waals surface area (Å²) >= 11 is 16.0. The van der Waals surface area contributed by atoms with E-state index in [9.17, 15) is 0 Å². The fraction of sp³-hybridized carbons (Fsp3) is 1.00. The topological polar surface area (TPSA) is 12.5 Å². The van der Waals surface area contributed by atoms with Crippen LogP contribution in [0.5, 0.6) is 0 Å². The molecule has 0 aliphatic carbocycles. The van der Waals surface area contributed by atoms with Crippen molar-refractivity contribution in [3.05, 3.63) is 0 Å². The van der Waals surface area contributed by atoms with Gasteiger partial charge in [-0.2, -0.15) is 0 Å². The highest BCUT2D eigenvalue weighted by atomic mass is 35.5. The Morgan fingerprint density at radius 2 is 1.86 bits per heavy atom. The molecule has 7 heavy (non-hydrogen) atoms. The summed E-state index contributed by atoms with van der Waals surface area (Å²) in [5.74, 6) is 0. The summed E-state index contributed by atoms with van der Waals surface area (Å²) in [6.07, 6.45) is -0.134. The van der Waals surface area contributed by atoms with E-state index in [4.69, 9.17) is 34.8 Å². The van der Waals surface area contributed by atoms with Gasteiger partial charge in [0, 0.05) is 0 Å². The molecule has 1 aliphatic rings. The first kappa shape index (κ1) is 5.96. The van der Waals surface area contributed by atoms with Gasteiger partial charge < -0.3 is 4.74 Å². The first-order valence-corrected chi connectivity index (χ1v) is 3.10. The monoisotopic (exact) mass is 160 g/mol. The fourth-order valence-corrected chi connectivity index (χ4v) is 1.07. The van der Waals surface area contributed by atoms with Crippen molar-refractivity contribution < 1.29 is 4.74 Å². The van der Waals surface area contributed by atoms with Gasteiger partial charge in [-0.3, -0.25) is 0 Å². The summed E-state index contributed by atoms with van der Waals surface area (Å²) in [7, 11) is 0. The van der Waals surface area contributed by atoms with Crippen LogP contribution in [0.25, 0.3) is 0 Å². The fourth-order valence-electron chi connectivity index (χ4n) is 0.279. The van der Waals surface area contributed by atoms with Crippen molar-refractivity contribution in [3.8, 4) is 0 Å². The average Bonchev–Trinajstić information content (AvgIpc) is 2.17. The van der Waals surface area contributed by atoms with Gasteiger partial charge in [-0.25, -0.2) is 0 Å². The maximum Gasteiger partial charge on any atom is 0.160 e. The number of hydrogen-bond donors (Lipinski definition) is 0. The zero-order valence-electron chi connectivity index (χ0n) is 3.27. The Morgan fingerprint density at radius 3 is 1.86 bits per heavy atom. The van der Waals surface area contributed by atoms with Gasteiger partial charge in [0.1, 0.15) is 10.9 Å². The number of ether oxygens (including phenoxy) is 1. The van der Waals surface area contributed by atoms with Crippen LogP contribution >= 0.6 is 34.8 Å². The van der Waals surface area contributed by atoms with Gasteiger partial charge in [-0.05, 0) is 0 Å². The highest BCUT2D eigenvalue weighted by Crippen LogP contribution is 2.33. The molecule has 1 heterocycles. The van der Waals surface area contributed by atoms with Crippen LogP contribution in [0.3, 0.4) is 0 Å². The minimum Gasteiger partial charge on any atom is -0.350 e. The molecule has 4 heteroatoms. The number of alkyl halides is 3. The standard InChI is InChI=1S/C3H3Cl3O/c4-2(5)1-3(6)7-1/h1-3H. The van der Waals surface area contributed by atoms with E-state index in [1.165, 1.54) is 0 Å². The summed E-state index contributed by atoms with van der Waals surface area (Å²) < 4.78 is 4.68. The van der Waals surface area contributed by atoms with Crippen LogP contribution in [0.1, 0.15) is 0 Å². The molecule has 0 bridgehead atoms. The van der Waals surface area contributed by atoms with E-state index in [1.807, 2.05) is 0 Å². The van der Waals surface area contributed by atoms with E-state index < -0.39 is 4.84 Å². The van der Waals surface area contributed by atoms with Crippen molar-refractivity contribution in [1.82, 2.24) is 0 Å². The molecule has 1 nitrogen and oxygen atoms in total. The van der Waals surface area contributed by atoms with E-state index in [1.54, 1.807) is 0 Å². The number of rotatable bonds is 1. The van der Waals surface area contributed by atoms with Gasteiger partial charge in [-0.1, -0.05) is 11.6 Å². The number of epoxide rings is 1. The van der Waals surface area contributed by atoms with Gasteiger partial charge in [0.15, 0.2) is 5.56 Å². The summed E-state index contributed by atoms with van der Waals surface area (Å²) in [6.45, 7) is 0. The van der Waals surface area contributed by atoms with Gasteiger partial charge in [-0.15, -0.1) is 23.2 Å². The quantitative estimate of drug-likeness (QED) is 0.422. The summed E-state index contributed by atoms with van der Waals surface area (Å²) in [4.78, 5) is -0.470. The van der Waals surface area contributed by atoms with Gasteiger partial charge in [0.2, 0.25) is 0 Å². The Kier molecular flexibility index (Phi) is 1.68. The van der Waals surface area contributed by atoms with Crippen molar-refractivity contribution in [2.45, 2.75) is 16.5 Å². The molecule has 0 aromatic rings. The van der Waals surface area contributed by atoms with Crippen LogP contribution < -0.4 is 0 Å². The molecule has 1 fully saturated rings. The molecular weight excluding hydrogens is 158 g/mol. The second kappa shape index (κ2) is 1.98. The maximum absolute atomic E-state index is 5.36. The second-order valence-corrected chi connectivity index (χ2v) is 2.88. The lowest BCUT2D eigenvalue weighted by Crippen LogP contribution is -1.97. The molecule has 0 saturated carbocycles. The van der Waals surface area contributed by atoms with Gasteiger partial charge in [0.05, 0.1) is 0 Å². The Morgan fingerprint density at radius 1 is 1.43 bits per heavy atom. The molecule has 0 amide bonds. The minimum absolute atomic E-state index is 0.134. The minimum atomic E-state index is -0.470. The van der Waals surface area contributed by atoms with Crippen LogP contribution in [-0.4, -0.2) is 16.5 Å². The molecule has 0 N–H and O–H groups in total. The lowest BCUT2D eigenvalue weighted by molar-refractivity contribution is 0.407. The predicted octanol–water partition coefficient (Wildman–Crippen LogP) is 1.75. The zero-order valence-corrected chi connectivity index (χ0v) is 5.54. The second-order valence-electron chi connectivity index (χ2n) is 1.29. The summed E-state index contributed by atoms with van der Waals surface area (Å²) in [6, 6.07) is 0. The molecular formula is C3H3Cl3O. The highest BCUT2D eigenvalue weighted by molar-refractivity contribution is 6.45. The van der Waals surface area contributed by atoms with Crippen LogP contribution in [0.2, 0.25) is 0 Å². The number of hydrogen-bond acceptors (Lipinski definition) is 1. The van der Waals surface area contributed by atoms with Crippen molar-refractivity contribution >= 4 is 34.8 Å². The summed E-state index contributed by atoms with van der Waals surface area (Å²) in [5, 5.41) is 0. The van der Waals surface area contributed by atoms with Crippen LogP contribution in [0, 0.1) is 0 Å². The molecule has 0 radical (unpaired) electrons. The third-order valence-corrected chi connectivity index (χ3v) is 1.57. The lowest BCUT2D eigenvalue weighted by atomic mass is 10.6. The van der Waals surface area contributed by atoms with Crippen molar-refractivity contribution in [2.24, 2.45) is 0 Å². The first-order valence-electron chi connectivity index (χ1n) is 1.79. The smallest absolute Gasteiger partial charge is 0.160 e. The van der Waals surface area contributed by atoms with Gasteiger partial charge >= 0.3 is 0 Å². The van der Waals surface area contributed by atoms with Crippen molar-refractivity contribution in [2.75, 3.05) is 0 Å². The van der Waals surface area contributed by atoms with E-state index >= 15 is 0 Å². The molecule has 1 saturated heterocycles. The Balaban J connectivity index is 2.20. The van der Waals surface area contributed by atoms with Crippen LogP contribution in [0.4, 0.5) is 0 Å². The molecule has 0 aromatic heterocycles. The van der Waals surface area contributed by atoms with Crippen LogP contribution in [0.15, 0.2) is 0 Å². The van der Waals surface area contributed by atoms with Gasteiger partial charge in [0.25, 0.3) is 0 Å². The largest absolute Gasteiger partial charge is 0.350 e. The molecule has 2 atom stereocenters. The van der Waals surface area contributed by atoms with E-state index in [-0.39, 0.29) is 11.7 Å². The molecule has 42 valence electrons. The van der Waals surface area contributed by atoms with E-state index in [2.05, 4.69) is 4.74 Å². The lowest BCUT2D eigenvalue weighted by Gasteiger charge is -1.85. The molecule has 0 spiro atoms. The number of halogens is 3. The predicted molar refractivity (Wildman–Crippen MR) is 30.0 cm³/mol. The third-order valence-electron chi connectivity index (χ3n) is 0.717. The molecule has 0 aromatic carbocycles. The van der Waals surface area contributed by atoms with Crippen molar-refractivity contribution in [1.29, 1.82) is 0 Å². The Bertz CT molecular complexity index is 74.6. The van der Waals surface area contributed by atoms with E-state index in [0.717, 1.165) is 0 Å². The SMILES string of the molecule is ClC(Cl)C1OC1Cl. The molecule has 2 unspecified atom stereocenters. The normalized spacial score (nSPS) is 39.4. The third kappa shape index (κ3) is 1.36. The Labute approximate surface area is 56.5 Å². The van der Waals surface area contributed by atoms with Crippen molar-refractivity contribution in [3.63, 3.8) is 0 Å². The zero-order chi connectivity index (χ0) is 5.44. The first-order chi connectivity index (χ1) is 3.22.